The van der Waals surface area contributed by atoms with Crippen LogP contribution in [-0.2, 0) is 9.59 Å². The molecule has 7 nitrogen and oxygen atoms in total. The van der Waals surface area contributed by atoms with Crippen molar-refractivity contribution in [3.05, 3.63) is 18.2 Å². The van der Waals surface area contributed by atoms with Gasteiger partial charge >= 0.3 is 0 Å². The van der Waals surface area contributed by atoms with Crippen LogP contribution in [0.5, 0.6) is 17.2 Å². The molecule has 1 saturated heterocycles. The Labute approximate surface area is 146 Å². The summed E-state index contributed by atoms with van der Waals surface area (Å²) in [5.41, 5.74) is 0. The van der Waals surface area contributed by atoms with Gasteiger partial charge in [0.1, 0.15) is 12.4 Å². The number of ether oxygens (including phenoxy) is 3. The van der Waals surface area contributed by atoms with Gasteiger partial charge in [-0.3, -0.25) is 9.59 Å². The molecular weight excluding hydrogens is 324 g/mol. The monoisotopic (exact) mass is 346 g/mol. The maximum atomic E-state index is 12.2. The molecule has 3 aliphatic rings. The van der Waals surface area contributed by atoms with Gasteiger partial charge in [0.2, 0.25) is 18.6 Å². The molecule has 0 bridgehead atoms. The number of benzene rings is 1. The molecule has 2 aliphatic heterocycles. The Morgan fingerprint density at radius 3 is 2.96 bits per heavy atom. The van der Waals surface area contributed by atoms with Crippen molar-refractivity contribution in [1.82, 2.24) is 10.2 Å². The minimum atomic E-state index is -0.239. The SMILES string of the molecule is O=C(NCCOc1ccc2c(c1)OCO2)[C@@H]1CC(=O)N(CC2CC2)C1. The third-order valence-electron chi connectivity index (χ3n) is 4.77. The minimum Gasteiger partial charge on any atom is -0.492 e. The van der Waals surface area contributed by atoms with Crippen molar-refractivity contribution in [2.24, 2.45) is 11.8 Å². The Bertz CT molecular complexity index is 673. The first-order valence-electron chi connectivity index (χ1n) is 8.77. The molecule has 0 aromatic heterocycles. The van der Waals surface area contributed by atoms with E-state index in [2.05, 4.69) is 5.32 Å². The number of carbonyl (C=O) groups excluding carboxylic acids is 2. The lowest BCUT2D eigenvalue weighted by molar-refractivity contribution is -0.129. The summed E-state index contributed by atoms with van der Waals surface area (Å²) in [5.74, 6) is 2.50. The van der Waals surface area contributed by atoms with E-state index < -0.39 is 0 Å². The van der Waals surface area contributed by atoms with Crippen molar-refractivity contribution in [2.75, 3.05) is 33.0 Å². The molecule has 1 atom stereocenters. The van der Waals surface area contributed by atoms with E-state index in [0.717, 1.165) is 6.54 Å². The van der Waals surface area contributed by atoms with Gasteiger partial charge in [-0.05, 0) is 30.9 Å². The second kappa shape index (κ2) is 6.82. The van der Waals surface area contributed by atoms with Crippen LogP contribution in [0.1, 0.15) is 19.3 Å². The summed E-state index contributed by atoms with van der Waals surface area (Å²) in [4.78, 5) is 26.0. The van der Waals surface area contributed by atoms with Crippen molar-refractivity contribution < 1.29 is 23.8 Å². The third kappa shape index (κ3) is 3.81. The maximum Gasteiger partial charge on any atom is 0.231 e. The van der Waals surface area contributed by atoms with Crippen LogP contribution >= 0.6 is 0 Å². The van der Waals surface area contributed by atoms with Crippen LogP contribution in [0.25, 0.3) is 0 Å². The molecule has 1 aromatic rings. The van der Waals surface area contributed by atoms with Crippen LogP contribution < -0.4 is 19.5 Å². The summed E-state index contributed by atoms with van der Waals surface area (Å²) in [5, 5.41) is 2.86. The van der Waals surface area contributed by atoms with Gasteiger partial charge in [-0.2, -0.15) is 0 Å². The van der Waals surface area contributed by atoms with Gasteiger partial charge in [-0.25, -0.2) is 0 Å². The molecule has 0 unspecified atom stereocenters. The lowest BCUT2D eigenvalue weighted by Gasteiger charge is -2.16. The zero-order valence-electron chi connectivity index (χ0n) is 14.0. The molecule has 0 spiro atoms. The van der Waals surface area contributed by atoms with Crippen LogP contribution in [0.4, 0.5) is 0 Å². The second-order valence-electron chi connectivity index (χ2n) is 6.80. The molecule has 4 rings (SSSR count). The summed E-state index contributed by atoms with van der Waals surface area (Å²) in [7, 11) is 0. The van der Waals surface area contributed by atoms with Gasteiger partial charge in [0.15, 0.2) is 11.5 Å². The van der Waals surface area contributed by atoms with Crippen molar-refractivity contribution in [3.63, 3.8) is 0 Å². The summed E-state index contributed by atoms with van der Waals surface area (Å²) >= 11 is 0. The number of likely N-dealkylation sites (tertiary alicyclic amines) is 1. The van der Waals surface area contributed by atoms with Gasteiger partial charge in [0.25, 0.3) is 0 Å². The fourth-order valence-corrected chi connectivity index (χ4v) is 3.19. The van der Waals surface area contributed by atoms with Crippen molar-refractivity contribution >= 4 is 11.8 Å². The Morgan fingerprint density at radius 2 is 2.12 bits per heavy atom. The lowest BCUT2D eigenvalue weighted by atomic mass is 10.1. The van der Waals surface area contributed by atoms with E-state index in [1.54, 1.807) is 18.2 Å². The standard InChI is InChI=1S/C18H22N2O5/c21-17-7-13(10-20(17)9-12-1-2-12)18(22)19-5-6-23-14-3-4-15-16(8-14)25-11-24-15/h3-4,8,12-13H,1-2,5-7,9-11H2,(H,19,22)/t13-/m1/s1. The van der Waals surface area contributed by atoms with Crippen molar-refractivity contribution in [2.45, 2.75) is 19.3 Å². The normalized spacial score (nSPS) is 21.5. The molecule has 1 saturated carbocycles. The molecule has 7 heteroatoms. The average molecular weight is 346 g/mol. The van der Waals surface area contributed by atoms with Crippen LogP contribution in [0.3, 0.4) is 0 Å². The van der Waals surface area contributed by atoms with E-state index in [9.17, 15) is 9.59 Å². The molecule has 2 heterocycles. The number of rotatable bonds is 7. The smallest absolute Gasteiger partial charge is 0.231 e. The van der Waals surface area contributed by atoms with Gasteiger partial charge in [0.05, 0.1) is 12.5 Å². The van der Waals surface area contributed by atoms with Gasteiger partial charge < -0.3 is 24.4 Å². The first-order chi connectivity index (χ1) is 12.2. The predicted molar refractivity (Wildman–Crippen MR) is 88.5 cm³/mol. The summed E-state index contributed by atoms with van der Waals surface area (Å²) < 4.78 is 16.2. The molecule has 25 heavy (non-hydrogen) atoms. The lowest BCUT2D eigenvalue weighted by Crippen LogP contribution is -2.35. The van der Waals surface area contributed by atoms with Gasteiger partial charge in [-0.15, -0.1) is 0 Å². The van der Waals surface area contributed by atoms with Crippen LogP contribution in [0, 0.1) is 11.8 Å². The molecule has 2 fully saturated rings. The molecule has 2 amide bonds. The molecular formula is C18H22N2O5. The highest BCUT2D eigenvalue weighted by atomic mass is 16.7. The molecule has 1 aliphatic carbocycles. The molecule has 1 N–H and O–H groups in total. The number of carbonyl (C=O) groups is 2. The Kier molecular flexibility index (Phi) is 4.38. The van der Waals surface area contributed by atoms with Crippen LogP contribution in [-0.4, -0.2) is 49.7 Å². The number of nitrogens with zero attached hydrogens (tertiary/aromatic N) is 1. The average Bonchev–Trinajstić information content (AvgIpc) is 3.17. The molecule has 134 valence electrons. The minimum absolute atomic E-state index is 0.0686. The highest BCUT2D eigenvalue weighted by Gasteiger charge is 2.36. The Balaban J connectivity index is 1.18. The van der Waals surface area contributed by atoms with E-state index in [4.69, 9.17) is 14.2 Å². The van der Waals surface area contributed by atoms with Crippen LogP contribution in [0.15, 0.2) is 18.2 Å². The number of hydrogen-bond donors (Lipinski definition) is 1. The van der Waals surface area contributed by atoms with Gasteiger partial charge in [0, 0.05) is 25.6 Å². The van der Waals surface area contributed by atoms with Gasteiger partial charge in [-0.1, -0.05) is 0 Å². The summed E-state index contributed by atoms with van der Waals surface area (Å²) in [6, 6.07) is 5.38. The van der Waals surface area contributed by atoms with E-state index in [-0.39, 0.29) is 24.5 Å². The number of hydrogen-bond acceptors (Lipinski definition) is 5. The fraction of sp³-hybridized carbons (Fsp3) is 0.556. The van der Waals surface area contributed by atoms with E-state index in [0.29, 0.717) is 49.3 Å². The topological polar surface area (TPSA) is 77.1 Å². The van der Waals surface area contributed by atoms with Crippen molar-refractivity contribution in [3.8, 4) is 17.2 Å². The number of fused-ring (bicyclic) bond motifs is 1. The number of amides is 2. The Hall–Kier alpha value is -2.44. The quantitative estimate of drug-likeness (QED) is 0.750. The summed E-state index contributed by atoms with van der Waals surface area (Å²) in [6.45, 7) is 2.35. The van der Waals surface area contributed by atoms with E-state index >= 15 is 0 Å². The third-order valence-corrected chi connectivity index (χ3v) is 4.77. The zero-order chi connectivity index (χ0) is 17.2. The second-order valence-corrected chi connectivity index (χ2v) is 6.80. The number of nitrogens with one attached hydrogen (secondary N) is 1. The first kappa shape index (κ1) is 16.1. The maximum absolute atomic E-state index is 12.2. The zero-order valence-corrected chi connectivity index (χ0v) is 14.0. The largest absolute Gasteiger partial charge is 0.492 e. The highest BCUT2D eigenvalue weighted by Crippen LogP contribution is 2.35. The molecule has 0 radical (unpaired) electrons. The predicted octanol–water partition coefficient (Wildman–Crippen LogP) is 1.17. The first-order valence-corrected chi connectivity index (χ1v) is 8.77. The summed E-state index contributed by atoms with van der Waals surface area (Å²) in [6.07, 6.45) is 2.73. The van der Waals surface area contributed by atoms with Crippen molar-refractivity contribution in [1.29, 1.82) is 0 Å². The Morgan fingerprint density at radius 1 is 1.28 bits per heavy atom. The molecule has 1 aromatic carbocycles. The van der Waals surface area contributed by atoms with E-state index in [1.807, 2.05) is 4.90 Å². The highest BCUT2D eigenvalue weighted by molar-refractivity contribution is 5.89. The van der Waals surface area contributed by atoms with Crippen LogP contribution in [0.2, 0.25) is 0 Å². The fourth-order valence-electron chi connectivity index (χ4n) is 3.19. The van der Waals surface area contributed by atoms with E-state index in [1.165, 1.54) is 12.8 Å².